The molecule has 1 amide bonds. The van der Waals surface area contributed by atoms with Crippen molar-refractivity contribution >= 4 is 28.5 Å². The molecule has 1 aromatic heterocycles. The van der Waals surface area contributed by atoms with Gasteiger partial charge in [0.25, 0.3) is 5.91 Å². The summed E-state index contributed by atoms with van der Waals surface area (Å²) in [6, 6.07) is 5.36. The van der Waals surface area contributed by atoms with E-state index in [1.54, 1.807) is 24.0 Å². The van der Waals surface area contributed by atoms with Crippen LogP contribution in [0, 0.1) is 12.8 Å². The first-order chi connectivity index (χ1) is 10.5. The van der Waals surface area contributed by atoms with Gasteiger partial charge in [-0.05, 0) is 44.9 Å². The van der Waals surface area contributed by atoms with Crippen LogP contribution in [-0.2, 0) is 0 Å². The number of likely N-dealkylation sites (tertiary alicyclic amines) is 1. The topological polar surface area (TPSA) is 53.7 Å². The van der Waals surface area contributed by atoms with Crippen molar-refractivity contribution in [3.63, 3.8) is 0 Å². The van der Waals surface area contributed by atoms with Crippen LogP contribution in [0.15, 0.2) is 22.6 Å². The zero-order chi connectivity index (χ0) is 15.9. The van der Waals surface area contributed by atoms with Crippen LogP contribution in [0.4, 0.5) is 0 Å². The van der Waals surface area contributed by atoms with Crippen LogP contribution in [-0.4, -0.2) is 35.1 Å². The van der Waals surface area contributed by atoms with Crippen LogP contribution in [0.2, 0.25) is 5.02 Å². The highest BCUT2D eigenvalue weighted by atomic mass is 35.5. The number of furan rings is 1. The van der Waals surface area contributed by atoms with E-state index in [9.17, 15) is 9.90 Å². The normalized spacial score (nSPS) is 20.4. The van der Waals surface area contributed by atoms with Gasteiger partial charge in [0.1, 0.15) is 5.58 Å². The maximum absolute atomic E-state index is 12.8. The van der Waals surface area contributed by atoms with Gasteiger partial charge in [0.05, 0.1) is 6.10 Å². The lowest BCUT2D eigenvalue weighted by Crippen LogP contribution is -2.43. The summed E-state index contributed by atoms with van der Waals surface area (Å²) < 4.78 is 5.75. The highest BCUT2D eigenvalue weighted by molar-refractivity contribution is 6.31. The number of aryl methyl sites for hydroxylation is 1. The second kappa shape index (κ2) is 5.94. The average Bonchev–Trinajstić information content (AvgIpc) is 2.83. The third kappa shape index (κ3) is 2.73. The summed E-state index contributed by atoms with van der Waals surface area (Å²) in [7, 11) is 0. The minimum Gasteiger partial charge on any atom is -0.451 e. The molecule has 5 heteroatoms. The highest BCUT2D eigenvalue weighted by Crippen LogP contribution is 2.30. The van der Waals surface area contributed by atoms with Crippen molar-refractivity contribution in [2.45, 2.75) is 32.8 Å². The molecule has 3 rings (SSSR count). The molecule has 1 aliphatic rings. The smallest absolute Gasteiger partial charge is 0.289 e. The maximum Gasteiger partial charge on any atom is 0.289 e. The van der Waals surface area contributed by atoms with Gasteiger partial charge in [0.15, 0.2) is 5.76 Å². The number of nitrogens with zero attached hydrogens (tertiary/aromatic N) is 1. The number of aliphatic hydroxyl groups excluding tert-OH is 1. The van der Waals surface area contributed by atoms with Gasteiger partial charge in [-0.15, -0.1) is 0 Å². The zero-order valence-electron chi connectivity index (χ0n) is 12.8. The van der Waals surface area contributed by atoms with Crippen molar-refractivity contribution < 1.29 is 14.3 Å². The molecule has 1 aromatic carbocycles. The lowest BCUT2D eigenvalue weighted by atomic mass is 9.93. The van der Waals surface area contributed by atoms with Crippen LogP contribution in [0.1, 0.15) is 35.9 Å². The number of aliphatic hydroxyl groups is 1. The van der Waals surface area contributed by atoms with Gasteiger partial charge >= 0.3 is 0 Å². The minimum atomic E-state index is -0.397. The number of carbonyl (C=O) groups excluding carboxylic acids is 1. The van der Waals surface area contributed by atoms with E-state index in [1.165, 1.54) is 0 Å². The van der Waals surface area contributed by atoms with E-state index in [-0.39, 0.29) is 11.8 Å². The van der Waals surface area contributed by atoms with Gasteiger partial charge in [-0.2, -0.15) is 0 Å². The Kier molecular flexibility index (Phi) is 4.15. The number of benzene rings is 1. The van der Waals surface area contributed by atoms with E-state index >= 15 is 0 Å². The molecule has 2 unspecified atom stereocenters. The van der Waals surface area contributed by atoms with Crippen LogP contribution >= 0.6 is 11.6 Å². The van der Waals surface area contributed by atoms with Crippen molar-refractivity contribution in [3.05, 3.63) is 34.5 Å². The SMILES string of the molecule is Cc1c(C(=O)N2CCCC(C(C)O)C2)oc2ccc(Cl)cc12. The fourth-order valence-corrected chi connectivity index (χ4v) is 3.30. The first kappa shape index (κ1) is 15.4. The number of halogens is 1. The van der Waals surface area contributed by atoms with E-state index in [0.717, 1.165) is 23.8 Å². The number of piperidine rings is 1. The molecule has 1 fully saturated rings. The van der Waals surface area contributed by atoms with Gasteiger partial charge in [0, 0.05) is 35.0 Å². The molecule has 1 saturated heterocycles. The second-order valence-corrected chi connectivity index (χ2v) is 6.53. The third-order valence-corrected chi connectivity index (χ3v) is 4.75. The monoisotopic (exact) mass is 321 g/mol. The fraction of sp³-hybridized carbons (Fsp3) is 0.471. The number of carbonyl (C=O) groups is 1. The van der Waals surface area contributed by atoms with Crippen molar-refractivity contribution in [1.82, 2.24) is 4.90 Å². The Morgan fingerprint density at radius 1 is 1.50 bits per heavy atom. The summed E-state index contributed by atoms with van der Waals surface area (Å²) in [6.45, 7) is 4.95. The Hall–Kier alpha value is -1.52. The summed E-state index contributed by atoms with van der Waals surface area (Å²) in [5.74, 6) is 0.413. The largest absolute Gasteiger partial charge is 0.451 e. The molecular formula is C17H20ClNO3. The summed E-state index contributed by atoms with van der Waals surface area (Å²) in [6.07, 6.45) is 1.47. The Balaban J connectivity index is 1.90. The Morgan fingerprint density at radius 3 is 3.00 bits per heavy atom. The van der Waals surface area contributed by atoms with Gasteiger partial charge in [-0.25, -0.2) is 0 Å². The first-order valence-corrected chi connectivity index (χ1v) is 8.01. The van der Waals surface area contributed by atoms with Crippen LogP contribution in [0.25, 0.3) is 11.0 Å². The van der Waals surface area contributed by atoms with Crippen molar-refractivity contribution in [2.24, 2.45) is 5.92 Å². The molecule has 4 nitrogen and oxygen atoms in total. The third-order valence-electron chi connectivity index (χ3n) is 4.52. The molecule has 0 aliphatic carbocycles. The Labute approximate surface area is 134 Å². The van der Waals surface area contributed by atoms with E-state index in [2.05, 4.69) is 0 Å². The number of hydrogen-bond acceptors (Lipinski definition) is 3. The minimum absolute atomic E-state index is 0.102. The second-order valence-electron chi connectivity index (χ2n) is 6.09. The zero-order valence-corrected chi connectivity index (χ0v) is 13.6. The van der Waals surface area contributed by atoms with Crippen molar-refractivity contribution in [1.29, 1.82) is 0 Å². The average molecular weight is 322 g/mol. The van der Waals surface area contributed by atoms with E-state index < -0.39 is 6.10 Å². The standard InChI is InChI=1S/C17H20ClNO3/c1-10-14-8-13(18)5-6-15(14)22-16(10)17(21)19-7-3-4-12(9-19)11(2)20/h5-6,8,11-12,20H,3-4,7,9H2,1-2H3. The molecule has 1 N–H and O–H groups in total. The predicted molar refractivity (Wildman–Crippen MR) is 86.3 cm³/mol. The lowest BCUT2D eigenvalue weighted by Gasteiger charge is -2.33. The number of fused-ring (bicyclic) bond motifs is 1. The summed E-state index contributed by atoms with van der Waals surface area (Å²) in [4.78, 5) is 14.5. The van der Waals surface area contributed by atoms with Gasteiger partial charge in [-0.1, -0.05) is 11.6 Å². The maximum atomic E-state index is 12.8. The number of hydrogen-bond donors (Lipinski definition) is 1. The van der Waals surface area contributed by atoms with Crippen LogP contribution < -0.4 is 0 Å². The Morgan fingerprint density at radius 2 is 2.27 bits per heavy atom. The molecule has 0 bridgehead atoms. The van der Waals surface area contributed by atoms with Crippen molar-refractivity contribution in [3.8, 4) is 0 Å². The molecule has 0 spiro atoms. The molecule has 22 heavy (non-hydrogen) atoms. The lowest BCUT2D eigenvalue weighted by molar-refractivity contribution is 0.0444. The number of rotatable bonds is 2. The molecule has 1 aliphatic heterocycles. The molecule has 2 aromatic rings. The predicted octanol–water partition coefficient (Wildman–Crippen LogP) is 3.63. The van der Waals surface area contributed by atoms with Crippen molar-refractivity contribution in [2.75, 3.05) is 13.1 Å². The summed E-state index contributed by atoms with van der Waals surface area (Å²) >= 11 is 6.02. The molecule has 2 heterocycles. The van der Waals surface area contributed by atoms with Gasteiger partial charge in [0.2, 0.25) is 0 Å². The molecule has 0 saturated carbocycles. The van der Waals surface area contributed by atoms with Gasteiger partial charge in [-0.3, -0.25) is 4.79 Å². The highest BCUT2D eigenvalue weighted by Gasteiger charge is 2.29. The number of amides is 1. The quantitative estimate of drug-likeness (QED) is 0.919. The van der Waals surface area contributed by atoms with E-state index in [0.29, 0.717) is 29.5 Å². The van der Waals surface area contributed by atoms with E-state index in [4.69, 9.17) is 16.0 Å². The first-order valence-electron chi connectivity index (χ1n) is 7.63. The molecule has 2 atom stereocenters. The summed E-state index contributed by atoms with van der Waals surface area (Å²) in [5.41, 5.74) is 1.50. The van der Waals surface area contributed by atoms with Crippen LogP contribution in [0.5, 0.6) is 0 Å². The molecule has 0 radical (unpaired) electrons. The molecular weight excluding hydrogens is 302 g/mol. The fourth-order valence-electron chi connectivity index (χ4n) is 3.13. The van der Waals surface area contributed by atoms with E-state index in [1.807, 2.05) is 13.0 Å². The van der Waals surface area contributed by atoms with Crippen LogP contribution in [0.3, 0.4) is 0 Å². The van der Waals surface area contributed by atoms with Gasteiger partial charge < -0.3 is 14.4 Å². The molecule has 118 valence electrons. The Bertz CT molecular complexity index is 707. The summed E-state index contributed by atoms with van der Waals surface area (Å²) in [5, 5.41) is 11.3.